The SMILES string of the molecule is CN(C)c1cc(O)c2c(c1)O/C(=C\c1ccc(O)cc1O)C2=O. The number of carbonyl (C=O) groups excluding carboxylic acids is 1. The Morgan fingerprint density at radius 3 is 2.43 bits per heavy atom. The smallest absolute Gasteiger partial charge is 0.235 e. The largest absolute Gasteiger partial charge is 0.508 e. The summed E-state index contributed by atoms with van der Waals surface area (Å²) in [5.41, 5.74) is 1.12. The van der Waals surface area contributed by atoms with Crippen molar-refractivity contribution in [1.29, 1.82) is 0 Å². The number of anilines is 1. The summed E-state index contributed by atoms with van der Waals surface area (Å²) in [5, 5.41) is 29.2. The fourth-order valence-corrected chi connectivity index (χ4v) is 2.33. The molecule has 0 spiro atoms. The molecule has 6 heteroatoms. The van der Waals surface area contributed by atoms with Crippen molar-refractivity contribution in [2.24, 2.45) is 0 Å². The van der Waals surface area contributed by atoms with Crippen molar-refractivity contribution in [3.05, 3.63) is 47.2 Å². The molecule has 0 atom stereocenters. The van der Waals surface area contributed by atoms with Gasteiger partial charge in [0, 0.05) is 43.5 Å². The third kappa shape index (κ3) is 2.55. The van der Waals surface area contributed by atoms with Gasteiger partial charge in [0.2, 0.25) is 5.78 Å². The standard InChI is InChI=1S/C17H15NO5/c1-18(2)10-6-13(21)16-14(7-10)23-15(17(16)22)5-9-3-4-11(19)8-12(9)20/h3-8,19-21H,1-2H3/b15-5-. The van der Waals surface area contributed by atoms with E-state index in [1.807, 2.05) is 14.1 Å². The molecule has 0 radical (unpaired) electrons. The number of Topliss-reactive ketones (excluding diaryl/α,β-unsaturated/α-hetero) is 1. The van der Waals surface area contributed by atoms with E-state index in [9.17, 15) is 20.1 Å². The van der Waals surface area contributed by atoms with Crippen LogP contribution in [0.1, 0.15) is 15.9 Å². The summed E-state index contributed by atoms with van der Waals surface area (Å²) < 4.78 is 5.53. The van der Waals surface area contributed by atoms with Crippen molar-refractivity contribution in [2.75, 3.05) is 19.0 Å². The maximum Gasteiger partial charge on any atom is 0.235 e. The van der Waals surface area contributed by atoms with Gasteiger partial charge in [-0.2, -0.15) is 0 Å². The molecule has 3 rings (SSSR count). The highest BCUT2D eigenvalue weighted by molar-refractivity contribution is 6.16. The number of phenols is 3. The Bertz CT molecular complexity index is 839. The van der Waals surface area contributed by atoms with Crippen molar-refractivity contribution >= 4 is 17.5 Å². The lowest BCUT2D eigenvalue weighted by atomic mass is 10.1. The Kier molecular flexibility index (Phi) is 3.37. The molecule has 0 aliphatic carbocycles. The molecule has 1 heterocycles. The van der Waals surface area contributed by atoms with E-state index >= 15 is 0 Å². The number of nitrogens with zero attached hydrogens (tertiary/aromatic N) is 1. The number of carbonyl (C=O) groups is 1. The van der Waals surface area contributed by atoms with Crippen LogP contribution in [0.25, 0.3) is 6.08 Å². The molecule has 0 saturated carbocycles. The predicted octanol–water partition coefficient (Wildman–Crippen LogP) is 2.49. The zero-order valence-corrected chi connectivity index (χ0v) is 12.6. The minimum atomic E-state index is -0.463. The van der Waals surface area contributed by atoms with Crippen LogP contribution in [-0.2, 0) is 0 Å². The zero-order valence-electron chi connectivity index (χ0n) is 12.6. The van der Waals surface area contributed by atoms with E-state index in [2.05, 4.69) is 0 Å². The molecule has 0 amide bonds. The fraction of sp³-hybridized carbons (Fsp3) is 0.118. The number of fused-ring (bicyclic) bond motifs is 1. The average molecular weight is 313 g/mol. The van der Waals surface area contributed by atoms with Gasteiger partial charge in [-0.3, -0.25) is 4.79 Å². The highest BCUT2D eigenvalue weighted by Gasteiger charge is 2.31. The Hall–Kier alpha value is -3.15. The lowest BCUT2D eigenvalue weighted by molar-refractivity contribution is 0.101. The molecule has 23 heavy (non-hydrogen) atoms. The Morgan fingerprint density at radius 1 is 1.04 bits per heavy atom. The number of benzene rings is 2. The monoisotopic (exact) mass is 313 g/mol. The maximum absolute atomic E-state index is 12.4. The van der Waals surface area contributed by atoms with E-state index in [4.69, 9.17) is 4.74 Å². The lowest BCUT2D eigenvalue weighted by Gasteiger charge is -2.13. The van der Waals surface area contributed by atoms with Crippen molar-refractivity contribution in [2.45, 2.75) is 0 Å². The molecule has 2 aromatic carbocycles. The van der Waals surface area contributed by atoms with Gasteiger partial charge in [-0.15, -0.1) is 0 Å². The van der Waals surface area contributed by atoms with Crippen LogP contribution in [0.3, 0.4) is 0 Å². The van der Waals surface area contributed by atoms with E-state index < -0.39 is 5.78 Å². The van der Waals surface area contributed by atoms with Crippen LogP contribution >= 0.6 is 0 Å². The Balaban J connectivity index is 2.03. The van der Waals surface area contributed by atoms with Gasteiger partial charge in [-0.1, -0.05) is 0 Å². The Morgan fingerprint density at radius 2 is 1.78 bits per heavy atom. The summed E-state index contributed by atoms with van der Waals surface area (Å²) in [6.45, 7) is 0. The van der Waals surface area contributed by atoms with E-state index in [1.165, 1.54) is 30.3 Å². The summed E-state index contributed by atoms with van der Waals surface area (Å²) in [6.07, 6.45) is 1.37. The molecule has 2 aromatic rings. The summed E-state index contributed by atoms with van der Waals surface area (Å²) in [6, 6.07) is 7.16. The molecule has 6 nitrogen and oxygen atoms in total. The average Bonchev–Trinajstić information content (AvgIpc) is 2.78. The second-order valence-electron chi connectivity index (χ2n) is 5.42. The van der Waals surface area contributed by atoms with Crippen LogP contribution in [0.5, 0.6) is 23.0 Å². The van der Waals surface area contributed by atoms with Crippen molar-refractivity contribution in [3.8, 4) is 23.0 Å². The number of allylic oxidation sites excluding steroid dienone is 1. The third-order valence-electron chi connectivity index (χ3n) is 3.55. The number of hydrogen-bond acceptors (Lipinski definition) is 6. The second-order valence-corrected chi connectivity index (χ2v) is 5.42. The minimum Gasteiger partial charge on any atom is -0.508 e. The van der Waals surface area contributed by atoms with Crippen LogP contribution in [-0.4, -0.2) is 35.2 Å². The van der Waals surface area contributed by atoms with Crippen molar-refractivity contribution < 1.29 is 24.9 Å². The normalized spacial score (nSPS) is 14.7. The number of hydrogen-bond donors (Lipinski definition) is 3. The molecule has 1 aliphatic rings. The van der Waals surface area contributed by atoms with Crippen molar-refractivity contribution in [1.82, 2.24) is 0 Å². The zero-order chi connectivity index (χ0) is 16.7. The van der Waals surface area contributed by atoms with Crippen LogP contribution in [0.15, 0.2) is 36.1 Å². The second kappa shape index (κ2) is 5.24. The molecule has 0 saturated heterocycles. The molecule has 3 N–H and O–H groups in total. The summed E-state index contributed by atoms with van der Waals surface area (Å²) in [7, 11) is 3.62. The fourth-order valence-electron chi connectivity index (χ4n) is 2.33. The van der Waals surface area contributed by atoms with Gasteiger partial charge in [-0.05, 0) is 18.2 Å². The summed E-state index contributed by atoms with van der Waals surface area (Å²) in [5.74, 6) is -0.622. The van der Waals surface area contributed by atoms with Gasteiger partial charge in [0.1, 0.15) is 28.6 Å². The van der Waals surface area contributed by atoms with Gasteiger partial charge < -0.3 is 25.0 Å². The summed E-state index contributed by atoms with van der Waals surface area (Å²) >= 11 is 0. The van der Waals surface area contributed by atoms with Crippen LogP contribution < -0.4 is 9.64 Å². The van der Waals surface area contributed by atoms with Crippen LogP contribution in [0.4, 0.5) is 5.69 Å². The first-order valence-electron chi connectivity index (χ1n) is 6.87. The lowest BCUT2D eigenvalue weighted by Crippen LogP contribution is -2.08. The first kappa shape index (κ1) is 14.8. The minimum absolute atomic E-state index is 0.00723. The number of rotatable bonds is 2. The number of aromatic hydroxyl groups is 3. The predicted molar refractivity (Wildman–Crippen MR) is 85.1 cm³/mol. The van der Waals surface area contributed by atoms with Gasteiger partial charge in [0.15, 0.2) is 5.76 Å². The van der Waals surface area contributed by atoms with E-state index in [0.717, 1.165) is 0 Å². The molecular weight excluding hydrogens is 298 g/mol. The molecule has 118 valence electrons. The van der Waals surface area contributed by atoms with Gasteiger partial charge in [0.05, 0.1) is 0 Å². The molecular formula is C17H15NO5. The molecule has 0 unspecified atom stereocenters. The van der Waals surface area contributed by atoms with Crippen molar-refractivity contribution in [3.63, 3.8) is 0 Å². The van der Waals surface area contributed by atoms with Gasteiger partial charge >= 0.3 is 0 Å². The first-order chi connectivity index (χ1) is 10.9. The molecule has 0 bridgehead atoms. The maximum atomic E-state index is 12.4. The van der Waals surface area contributed by atoms with Gasteiger partial charge in [0.25, 0.3) is 0 Å². The van der Waals surface area contributed by atoms with Crippen LogP contribution in [0, 0.1) is 0 Å². The quantitative estimate of drug-likeness (QED) is 0.738. The van der Waals surface area contributed by atoms with Crippen LogP contribution in [0.2, 0.25) is 0 Å². The molecule has 0 fully saturated rings. The highest BCUT2D eigenvalue weighted by atomic mass is 16.5. The first-order valence-corrected chi connectivity index (χ1v) is 6.87. The summed E-state index contributed by atoms with van der Waals surface area (Å²) in [4.78, 5) is 14.2. The van der Waals surface area contributed by atoms with Gasteiger partial charge in [-0.25, -0.2) is 0 Å². The topological polar surface area (TPSA) is 90.2 Å². The van der Waals surface area contributed by atoms with E-state index in [1.54, 1.807) is 11.0 Å². The third-order valence-corrected chi connectivity index (χ3v) is 3.55. The number of phenolic OH excluding ortho intramolecular Hbond substituents is 3. The van der Waals surface area contributed by atoms with E-state index in [-0.39, 0.29) is 34.3 Å². The Labute approximate surface area is 132 Å². The molecule has 0 aromatic heterocycles. The number of ether oxygens (including phenoxy) is 1. The van der Waals surface area contributed by atoms with E-state index in [0.29, 0.717) is 11.3 Å². The molecule has 1 aliphatic heterocycles. The highest BCUT2D eigenvalue weighted by Crippen LogP contribution is 2.41. The number of ketones is 1.